The lowest BCUT2D eigenvalue weighted by molar-refractivity contribution is 0.0393. The third-order valence-corrected chi connectivity index (χ3v) is 3.47. The van der Waals surface area contributed by atoms with Crippen LogP contribution in [0.25, 0.3) is 0 Å². The van der Waals surface area contributed by atoms with Crippen molar-refractivity contribution in [2.75, 3.05) is 51.3 Å². The Balaban J connectivity index is 1.84. The number of hydrogen-bond donors (Lipinski definition) is 2. The first kappa shape index (κ1) is 13.8. The number of morpholine rings is 1. The highest BCUT2D eigenvalue weighted by Gasteiger charge is 2.11. The van der Waals surface area contributed by atoms with E-state index < -0.39 is 0 Å². The molecule has 0 aliphatic carbocycles. The molecule has 0 amide bonds. The molecule has 0 saturated carbocycles. The maximum absolute atomic E-state index is 7.37. The summed E-state index contributed by atoms with van der Waals surface area (Å²) in [6, 6.07) is 7.80. The van der Waals surface area contributed by atoms with E-state index in [1.54, 1.807) is 0 Å². The summed E-state index contributed by atoms with van der Waals surface area (Å²) < 4.78 is 5.34. The van der Waals surface area contributed by atoms with Gasteiger partial charge in [0.1, 0.15) is 5.84 Å². The number of nitrogens with one attached hydrogen (secondary N) is 1. The van der Waals surface area contributed by atoms with Crippen LogP contribution in [0.4, 0.5) is 5.69 Å². The molecule has 1 aromatic carbocycles. The number of anilines is 1. The standard InChI is InChI=1S/C14H22N4O/c1-17(6-7-18-8-10-19-11-9-18)13-4-2-12(3-5-13)14(15)16/h2-5H,6-11H2,1H3,(H3,15,16). The van der Waals surface area contributed by atoms with Crippen LogP contribution in [0, 0.1) is 5.41 Å². The van der Waals surface area contributed by atoms with Gasteiger partial charge in [-0.3, -0.25) is 10.3 Å². The second-order valence-electron chi connectivity index (χ2n) is 4.84. The van der Waals surface area contributed by atoms with Gasteiger partial charge in [-0.05, 0) is 24.3 Å². The van der Waals surface area contributed by atoms with E-state index in [1.807, 2.05) is 24.3 Å². The van der Waals surface area contributed by atoms with Gasteiger partial charge in [0.15, 0.2) is 0 Å². The molecule has 0 spiro atoms. The molecule has 1 saturated heterocycles. The van der Waals surface area contributed by atoms with Crippen LogP contribution in [-0.4, -0.2) is 57.2 Å². The van der Waals surface area contributed by atoms with Crippen molar-refractivity contribution in [3.63, 3.8) is 0 Å². The second kappa shape index (κ2) is 6.54. The minimum Gasteiger partial charge on any atom is -0.384 e. The van der Waals surface area contributed by atoms with Gasteiger partial charge in [-0.1, -0.05) is 0 Å². The fourth-order valence-electron chi connectivity index (χ4n) is 2.14. The summed E-state index contributed by atoms with van der Waals surface area (Å²) in [6.07, 6.45) is 0. The summed E-state index contributed by atoms with van der Waals surface area (Å²) in [5, 5.41) is 7.37. The van der Waals surface area contributed by atoms with Gasteiger partial charge in [0.05, 0.1) is 13.2 Å². The highest BCUT2D eigenvalue weighted by molar-refractivity contribution is 5.95. The summed E-state index contributed by atoms with van der Waals surface area (Å²) >= 11 is 0. The predicted molar refractivity (Wildman–Crippen MR) is 78.0 cm³/mol. The van der Waals surface area contributed by atoms with E-state index in [1.165, 1.54) is 0 Å². The molecule has 0 aromatic heterocycles. The molecule has 1 fully saturated rings. The second-order valence-corrected chi connectivity index (χ2v) is 4.84. The van der Waals surface area contributed by atoms with E-state index in [9.17, 15) is 0 Å². The van der Waals surface area contributed by atoms with Crippen molar-refractivity contribution in [2.24, 2.45) is 5.73 Å². The van der Waals surface area contributed by atoms with E-state index in [0.29, 0.717) is 0 Å². The Bertz CT molecular complexity index is 412. The normalized spacial score (nSPS) is 16.3. The molecule has 104 valence electrons. The molecule has 5 heteroatoms. The zero-order chi connectivity index (χ0) is 13.7. The Morgan fingerprint density at radius 3 is 2.53 bits per heavy atom. The van der Waals surface area contributed by atoms with Crippen molar-refractivity contribution in [1.82, 2.24) is 4.90 Å². The highest BCUT2D eigenvalue weighted by atomic mass is 16.5. The SMILES string of the molecule is CN(CCN1CCOCC1)c1ccc(C(=N)N)cc1. The molecule has 1 aromatic rings. The Hall–Kier alpha value is -1.59. The fourth-order valence-corrected chi connectivity index (χ4v) is 2.14. The summed E-state index contributed by atoms with van der Waals surface area (Å²) in [6.45, 7) is 5.77. The van der Waals surface area contributed by atoms with Crippen molar-refractivity contribution < 1.29 is 4.74 Å². The van der Waals surface area contributed by atoms with Gasteiger partial charge in [0, 0.05) is 44.5 Å². The van der Waals surface area contributed by atoms with Crippen LogP contribution in [-0.2, 0) is 4.74 Å². The fraction of sp³-hybridized carbons (Fsp3) is 0.500. The topological polar surface area (TPSA) is 65.6 Å². The molecule has 0 unspecified atom stereocenters. The van der Waals surface area contributed by atoms with Gasteiger partial charge in [-0.2, -0.15) is 0 Å². The number of nitrogens with zero attached hydrogens (tertiary/aromatic N) is 2. The zero-order valence-corrected chi connectivity index (χ0v) is 11.4. The van der Waals surface area contributed by atoms with E-state index in [0.717, 1.165) is 50.6 Å². The Morgan fingerprint density at radius 2 is 1.95 bits per heavy atom. The largest absolute Gasteiger partial charge is 0.384 e. The van der Waals surface area contributed by atoms with Gasteiger partial charge >= 0.3 is 0 Å². The lowest BCUT2D eigenvalue weighted by Crippen LogP contribution is -2.40. The highest BCUT2D eigenvalue weighted by Crippen LogP contribution is 2.13. The zero-order valence-electron chi connectivity index (χ0n) is 11.4. The van der Waals surface area contributed by atoms with E-state index in [4.69, 9.17) is 15.9 Å². The van der Waals surface area contributed by atoms with Gasteiger partial charge in [-0.25, -0.2) is 0 Å². The van der Waals surface area contributed by atoms with E-state index in [2.05, 4.69) is 16.8 Å². The maximum Gasteiger partial charge on any atom is 0.122 e. The summed E-state index contributed by atoms with van der Waals surface area (Å²) in [5.74, 6) is 0.113. The maximum atomic E-state index is 7.37. The third kappa shape index (κ3) is 3.94. The van der Waals surface area contributed by atoms with Gasteiger partial charge in [0.25, 0.3) is 0 Å². The van der Waals surface area contributed by atoms with Crippen LogP contribution in [0.3, 0.4) is 0 Å². The summed E-state index contributed by atoms with van der Waals surface area (Å²) in [5.41, 5.74) is 7.37. The molecule has 1 aliphatic rings. The number of nitrogen functional groups attached to an aromatic ring is 1. The molecule has 19 heavy (non-hydrogen) atoms. The van der Waals surface area contributed by atoms with Crippen LogP contribution >= 0.6 is 0 Å². The van der Waals surface area contributed by atoms with Crippen molar-refractivity contribution >= 4 is 11.5 Å². The molecule has 2 rings (SSSR count). The van der Waals surface area contributed by atoms with Gasteiger partial charge in [-0.15, -0.1) is 0 Å². The van der Waals surface area contributed by atoms with Gasteiger partial charge in [0.2, 0.25) is 0 Å². The molecular weight excluding hydrogens is 240 g/mol. The number of ether oxygens (including phenoxy) is 1. The smallest absolute Gasteiger partial charge is 0.122 e. The monoisotopic (exact) mass is 262 g/mol. The lowest BCUT2D eigenvalue weighted by atomic mass is 10.2. The molecule has 0 atom stereocenters. The Labute approximate surface area is 114 Å². The predicted octanol–water partition coefficient (Wildman–Crippen LogP) is 0.739. The number of amidine groups is 1. The van der Waals surface area contributed by atoms with Crippen molar-refractivity contribution in [3.05, 3.63) is 29.8 Å². The Kier molecular flexibility index (Phi) is 4.76. The molecule has 5 nitrogen and oxygen atoms in total. The molecule has 0 radical (unpaired) electrons. The van der Waals surface area contributed by atoms with Crippen LogP contribution in [0.1, 0.15) is 5.56 Å². The molecule has 0 bridgehead atoms. The third-order valence-electron chi connectivity index (χ3n) is 3.47. The minimum absolute atomic E-state index is 0.113. The average molecular weight is 262 g/mol. The number of likely N-dealkylation sites (N-methyl/N-ethyl adjacent to an activating group) is 1. The van der Waals surface area contributed by atoms with Crippen molar-refractivity contribution in [1.29, 1.82) is 5.41 Å². The summed E-state index contributed by atoms with van der Waals surface area (Å²) in [4.78, 5) is 4.64. The first-order valence-electron chi connectivity index (χ1n) is 6.62. The molecule has 1 aliphatic heterocycles. The van der Waals surface area contributed by atoms with Crippen LogP contribution in [0.15, 0.2) is 24.3 Å². The van der Waals surface area contributed by atoms with Crippen molar-refractivity contribution in [2.45, 2.75) is 0 Å². The number of nitrogens with two attached hydrogens (primary N) is 1. The van der Waals surface area contributed by atoms with Gasteiger partial charge < -0.3 is 15.4 Å². The lowest BCUT2D eigenvalue weighted by Gasteiger charge is -2.29. The number of rotatable bonds is 5. The van der Waals surface area contributed by atoms with Crippen LogP contribution < -0.4 is 10.6 Å². The summed E-state index contributed by atoms with van der Waals surface area (Å²) in [7, 11) is 2.09. The molecular formula is C14H22N4O. The van der Waals surface area contributed by atoms with Crippen LogP contribution in [0.2, 0.25) is 0 Å². The molecule has 1 heterocycles. The van der Waals surface area contributed by atoms with E-state index in [-0.39, 0.29) is 5.84 Å². The van der Waals surface area contributed by atoms with Crippen molar-refractivity contribution in [3.8, 4) is 0 Å². The quantitative estimate of drug-likeness (QED) is 0.607. The van der Waals surface area contributed by atoms with E-state index >= 15 is 0 Å². The average Bonchev–Trinajstić information content (AvgIpc) is 2.46. The first-order valence-corrected chi connectivity index (χ1v) is 6.62. The molecule has 3 N–H and O–H groups in total. The Morgan fingerprint density at radius 1 is 1.32 bits per heavy atom. The number of benzene rings is 1. The minimum atomic E-state index is 0.113. The van der Waals surface area contributed by atoms with Crippen LogP contribution in [0.5, 0.6) is 0 Å². The first-order chi connectivity index (χ1) is 9.16. The number of hydrogen-bond acceptors (Lipinski definition) is 4.